The standard InChI is InChI=1S/C10H17N3O5/c11-8(15)5-7(9(16)17)12-10(18)13(3-4-14)6-1-2-6/h6-7,14H,1-5H2,(H2,11,15)(H,12,18)(H,16,17)/t7-/m0/s1. The number of rotatable bonds is 7. The van der Waals surface area contributed by atoms with Crippen molar-refractivity contribution in [3.8, 4) is 0 Å². The van der Waals surface area contributed by atoms with E-state index in [1.165, 1.54) is 4.90 Å². The number of nitrogens with zero attached hydrogens (tertiary/aromatic N) is 1. The number of urea groups is 1. The summed E-state index contributed by atoms with van der Waals surface area (Å²) >= 11 is 0. The number of carboxylic acids is 1. The number of primary amides is 1. The number of nitrogens with two attached hydrogens (primary N) is 1. The number of aliphatic carboxylic acids is 1. The van der Waals surface area contributed by atoms with Crippen LogP contribution in [0.1, 0.15) is 19.3 Å². The lowest BCUT2D eigenvalue weighted by molar-refractivity contribution is -0.141. The van der Waals surface area contributed by atoms with Gasteiger partial charge in [-0.2, -0.15) is 0 Å². The van der Waals surface area contributed by atoms with Crippen molar-refractivity contribution in [2.45, 2.75) is 31.3 Å². The van der Waals surface area contributed by atoms with Gasteiger partial charge in [0, 0.05) is 12.6 Å². The predicted molar refractivity (Wildman–Crippen MR) is 60.6 cm³/mol. The van der Waals surface area contributed by atoms with Crippen LogP contribution in [0.5, 0.6) is 0 Å². The van der Waals surface area contributed by atoms with Crippen LogP contribution >= 0.6 is 0 Å². The Labute approximate surface area is 104 Å². The quantitative estimate of drug-likeness (QED) is 0.440. The number of aliphatic hydroxyl groups excluding tert-OH is 1. The summed E-state index contributed by atoms with van der Waals surface area (Å²) in [5.41, 5.74) is 4.91. The predicted octanol–water partition coefficient (Wildman–Crippen LogP) is -1.52. The first-order valence-electron chi connectivity index (χ1n) is 5.64. The Morgan fingerprint density at radius 2 is 2.00 bits per heavy atom. The average molecular weight is 259 g/mol. The Hall–Kier alpha value is -1.83. The smallest absolute Gasteiger partial charge is 0.326 e. The number of hydrogen-bond donors (Lipinski definition) is 4. The topological polar surface area (TPSA) is 133 Å². The minimum absolute atomic E-state index is 0.0418. The zero-order chi connectivity index (χ0) is 13.7. The van der Waals surface area contributed by atoms with Gasteiger partial charge in [0.1, 0.15) is 6.04 Å². The van der Waals surface area contributed by atoms with Crippen LogP contribution < -0.4 is 11.1 Å². The van der Waals surface area contributed by atoms with Gasteiger partial charge < -0.3 is 26.2 Å². The molecule has 18 heavy (non-hydrogen) atoms. The molecule has 0 aromatic rings. The molecule has 1 atom stereocenters. The number of carbonyl (C=O) groups is 3. The molecule has 3 amide bonds. The summed E-state index contributed by atoms with van der Waals surface area (Å²) in [6, 6.07) is -1.89. The molecule has 0 saturated heterocycles. The van der Waals surface area contributed by atoms with E-state index in [4.69, 9.17) is 15.9 Å². The summed E-state index contributed by atoms with van der Waals surface area (Å²) < 4.78 is 0. The molecular weight excluding hydrogens is 242 g/mol. The van der Waals surface area contributed by atoms with Crippen molar-refractivity contribution in [1.29, 1.82) is 0 Å². The molecule has 0 aliphatic heterocycles. The highest BCUT2D eigenvalue weighted by molar-refractivity contribution is 5.87. The fourth-order valence-electron chi connectivity index (χ4n) is 1.58. The summed E-state index contributed by atoms with van der Waals surface area (Å²) in [5, 5.41) is 19.9. The van der Waals surface area contributed by atoms with Gasteiger partial charge in [-0.25, -0.2) is 9.59 Å². The first kappa shape index (κ1) is 14.2. The minimum atomic E-state index is -1.34. The zero-order valence-electron chi connectivity index (χ0n) is 9.83. The largest absolute Gasteiger partial charge is 0.480 e. The number of nitrogens with one attached hydrogen (secondary N) is 1. The van der Waals surface area contributed by atoms with Gasteiger partial charge in [-0.3, -0.25) is 4.79 Å². The van der Waals surface area contributed by atoms with Crippen LogP contribution in [0.25, 0.3) is 0 Å². The number of aliphatic hydroxyl groups is 1. The van der Waals surface area contributed by atoms with Crippen LogP contribution in [0.2, 0.25) is 0 Å². The molecule has 5 N–H and O–H groups in total. The highest BCUT2D eigenvalue weighted by Crippen LogP contribution is 2.26. The number of carboxylic acid groups (broad SMARTS) is 1. The third-order valence-electron chi connectivity index (χ3n) is 2.59. The molecule has 1 fully saturated rings. The maximum Gasteiger partial charge on any atom is 0.326 e. The zero-order valence-corrected chi connectivity index (χ0v) is 9.83. The van der Waals surface area contributed by atoms with E-state index in [1.807, 2.05) is 0 Å². The lowest BCUT2D eigenvalue weighted by Crippen LogP contribution is -2.50. The van der Waals surface area contributed by atoms with Crippen LogP contribution in [-0.4, -0.2) is 58.3 Å². The first-order valence-corrected chi connectivity index (χ1v) is 5.64. The van der Waals surface area contributed by atoms with E-state index < -0.39 is 30.4 Å². The summed E-state index contributed by atoms with van der Waals surface area (Å²) in [6.07, 6.45) is 1.21. The van der Waals surface area contributed by atoms with Gasteiger partial charge in [-0.15, -0.1) is 0 Å². The van der Waals surface area contributed by atoms with Gasteiger partial charge in [0.25, 0.3) is 0 Å². The molecule has 0 unspecified atom stereocenters. The van der Waals surface area contributed by atoms with Crippen LogP contribution in [0.3, 0.4) is 0 Å². The second-order valence-corrected chi connectivity index (χ2v) is 4.16. The Morgan fingerprint density at radius 1 is 1.39 bits per heavy atom. The van der Waals surface area contributed by atoms with Gasteiger partial charge in [0.2, 0.25) is 5.91 Å². The molecule has 8 nitrogen and oxygen atoms in total. The van der Waals surface area contributed by atoms with Crippen molar-refractivity contribution >= 4 is 17.9 Å². The molecule has 1 rings (SSSR count). The fraction of sp³-hybridized carbons (Fsp3) is 0.700. The van der Waals surface area contributed by atoms with E-state index in [0.717, 1.165) is 12.8 Å². The number of amides is 3. The molecule has 0 radical (unpaired) electrons. The van der Waals surface area contributed by atoms with Gasteiger partial charge >= 0.3 is 12.0 Å². The van der Waals surface area contributed by atoms with Gasteiger partial charge in [0.05, 0.1) is 13.0 Å². The molecule has 0 aromatic heterocycles. The fourth-order valence-corrected chi connectivity index (χ4v) is 1.58. The van der Waals surface area contributed by atoms with Crippen molar-refractivity contribution in [3.05, 3.63) is 0 Å². The molecule has 102 valence electrons. The van der Waals surface area contributed by atoms with E-state index in [9.17, 15) is 14.4 Å². The average Bonchev–Trinajstić information content (AvgIpc) is 3.07. The lowest BCUT2D eigenvalue weighted by Gasteiger charge is -2.23. The molecular formula is C10H17N3O5. The van der Waals surface area contributed by atoms with Crippen LogP contribution in [-0.2, 0) is 9.59 Å². The van der Waals surface area contributed by atoms with E-state index >= 15 is 0 Å². The maximum absolute atomic E-state index is 11.8. The second-order valence-electron chi connectivity index (χ2n) is 4.16. The van der Waals surface area contributed by atoms with Crippen molar-refractivity contribution < 1.29 is 24.6 Å². The second kappa shape index (κ2) is 6.20. The van der Waals surface area contributed by atoms with Crippen LogP contribution in [0.4, 0.5) is 4.79 Å². The molecule has 8 heteroatoms. The van der Waals surface area contributed by atoms with E-state index in [-0.39, 0.29) is 19.2 Å². The molecule has 1 aliphatic carbocycles. The van der Waals surface area contributed by atoms with Gasteiger partial charge in [0.15, 0.2) is 0 Å². The lowest BCUT2D eigenvalue weighted by atomic mass is 10.2. The molecule has 1 aliphatic rings. The van der Waals surface area contributed by atoms with Crippen LogP contribution in [0.15, 0.2) is 0 Å². The third-order valence-corrected chi connectivity index (χ3v) is 2.59. The molecule has 1 saturated carbocycles. The Kier molecular flexibility index (Phi) is 4.90. The third kappa shape index (κ3) is 4.21. The summed E-state index contributed by atoms with van der Waals surface area (Å²) in [6.45, 7) is -0.0586. The molecule has 0 bridgehead atoms. The Bertz CT molecular complexity index is 342. The van der Waals surface area contributed by atoms with E-state index in [2.05, 4.69) is 5.32 Å². The summed E-state index contributed by atoms with van der Waals surface area (Å²) in [5.74, 6) is -2.12. The first-order chi connectivity index (χ1) is 8.45. The summed E-state index contributed by atoms with van der Waals surface area (Å²) in [7, 11) is 0. The molecule has 0 spiro atoms. The van der Waals surface area contributed by atoms with Gasteiger partial charge in [-0.05, 0) is 12.8 Å². The maximum atomic E-state index is 11.8. The van der Waals surface area contributed by atoms with Crippen molar-refractivity contribution in [2.24, 2.45) is 5.73 Å². The molecule has 0 aromatic carbocycles. The van der Waals surface area contributed by atoms with Gasteiger partial charge in [-0.1, -0.05) is 0 Å². The monoisotopic (exact) mass is 259 g/mol. The normalized spacial score (nSPS) is 15.8. The van der Waals surface area contributed by atoms with Crippen molar-refractivity contribution in [2.75, 3.05) is 13.2 Å². The minimum Gasteiger partial charge on any atom is -0.480 e. The van der Waals surface area contributed by atoms with Crippen molar-refractivity contribution in [3.63, 3.8) is 0 Å². The van der Waals surface area contributed by atoms with E-state index in [0.29, 0.717) is 0 Å². The number of carbonyl (C=O) groups excluding carboxylic acids is 2. The highest BCUT2D eigenvalue weighted by Gasteiger charge is 2.34. The SMILES string of the molecule is NC(=O)C[C@H](NC(=O)N(CCO)C1CC1)C(=O)O. The van der Waals surface area contributed by atoms with Crippen molar-refractivity contribution in [1.82, 2.24) is 10.2 Å². The highest BCUT2D eigenvalue weighted by atomic mass is 16.4. The Morgan fingerprint density at radius 3 is 2.39 bits per heavy atom. The summed E-state index contributed by atoms with van der Waals surface area (Å²) in [4.78, 5) is 34.7. The van der Waals surface area contributed by atoms with Crippen LogP contribution in [0, 0.1) is 0 Å². The van der Waals surface area contributed by atoms with E-state index in [1.54, 1.807) is 0 Å². The number of hydrogen-bond acceptors (Lipinski definition) is 4. The molecule has 0 heterocycles. The Balaban J connectivity index is 2.58.